The van der Waals surface area contributed by atoms with Crippen LogP contribution in [0.5, 0.6) is 0 Å². The van der Waals surface area contributed by atoms with Gasteiger partial charge >= 0.3 is 14.8 Å². The molecule has 0 aromatic rings. The number of hydrogen-bond acceptors (Lipinski definition) is 6. The van der Waals surface area contributed by atoms with E-state index in [1.165, 1.54) is 14.2 Å². The highest BCUT2D eigenvalue weighted by atomic mass is 28.4. The molecule has 2 N–H and O–H groups in total. The third-order valence-electron chi connectivity index (χ3n) is 1.79. The minimum Gasteiger partial charge on any atom is -0.464 e. The van der Waals surface area contributed by atoms with Crippen LogP contribution >= 0.6 is 0 Å². The van der Waals surface area contributed by atoms with Crippen molar-refractivity contribution in [1.29, 1.82) is 0 Å². The van der Waals surface area contributed by atoms with E-state index >= 15 is 0 Å². The summed E-state index contributed by atoms with van der Waals surface area (Å²) in [6, 6.07) is 0.472. The lowest BCUT2D eigenvalue weighted by Crippen LogP contribution is -2.46. The third kappa shape index (κ3) is 5.24. The van der Waals surface area contributed by atoms with Crippen LogP contribution in [0.1, 0.15) is 6.92 Å². The normalized spacial score (nSPS) is 11.5. The van der Waals surface area contributed by atoms with Crippen molar-refractivity contribution >= 4 is 14.8 Å². The summed E-state index contributed by atoms with van der Waals surface area (Å²) in [5.74, 6) is -0.430. The molecule has 0 aromatic heterocycles. The Kier molecular flexibility index (Phi) is 7.53. The molecular formula is C8H19NO5Si. The smallest absolute Gasteiger partial charge is 0.464 e. The first kappa shape index (κ1) is 14.5. The fraction of sp³-hybridized carbons (Fsp3) is 0.875. The van der Waals surface area contributed by atoms with Gasteiger partial charge in [0.1, 0.15) is 6.61 Å². The van der Waals surface area contributed by atoms with Crippen molar-refractivity contribution in [3.05, 3.63) is 0 Å². The summed E-state index contributed by atoms with van der Waals surface area (Å²) < 4.78 is 20.4. The molecule has 0 unspecified atom stereocenters. The second kappa shape index (κ2) is 7.77. The fourth-order valence-corrected chi connectivity index (χ4v) is 2.67. The first-order chi connectivity index (χ1) is 7.14. The van der Waals surface area contributed by atoms with Gasteiger partial charge in [-0.1, -0.05) is 0 Å². The van der Waals surface area contributed by atoms with Gasteiger partial charge in [-0.15, -0.1) is 0 Å². The van der Waals surface area contributed by atoms with Crippen LogP contribution in [0.2, 0.25) is 6.04 Å². The molecule has 0 radical (unpaired) electrons. The van der Waals surface area contributed by atoms with Crippen molar-refractivity contribution in [2.24, 2.45) is 5.73 Å². The second-order valence-electron chi connectivity index (χ2n) is 2.72. The van der Waals surface area contributed by atoms with Crippen molar-refractivity contribution in [2.75, 3.05) is 34.0 Å². The van der Waals surface area contributed by atoms with Crippen LogP contribution in [-0.4, -0.2) is 48.8 Å². The molecule has 0 fully saturated rings. The molecule has 7 heteroatoms. The van der Waals surface area contributed by atoms with Gasteiger partial charge in [-0.25, -0.2) is 4.79 Å². The van der Waals surface area contributed by atoms with Crippen LogP contribution in [0.4, 0.5) is 0 Å². The van der Waals surface area contributed by atoms with Gasteiger partial charge in [0.2, 0.25) is 0 Å². The molecule has 0 aromatic carbocycles. The maximum absolute atomic E-state index is 11.1. The Morgan fingerprint density at radius 3 is 2.33 bits per heavy atom. The molecule has 0 heterocycles. The van der Waals surface area contributed by atoms with Crippen LogP contribution in [0.15, 0.2) is 0 Å². The van der Waals surface area contributed by atoms with Gasteiger partial charge in [0, 0.05) is 20.3 Å². The predicted molar refractivity (Wildman–Crippen MR) is 56.2 cm³/mol. The van der Waals surface area contributed by atoms with Gasteiger partial charge < -0.3 is 23.7 Å². The highest BCUT2D eigenvalue weighted by Crippen LogP contribution is 2.12. The molecule has 0 aliphatic heterocycles. The minimum atomic E-state index is -2.76. The molecule has 0 amide bonds. The zero-order valence-electron chi connectivity index (χ0n) is 9.45. The molecule has 15 heavy (non-hydrogen) atoms. The van der Waals surface area contributed by atoms with E-state index in [9.17, 15) is 4.79 Å². The van der Waals surface area contributed by atoms with Crippen molar-refractivity contribution < 1.29 is 22.8 Å². The predicted octanol–water partition coefficient (Wildman–Crippen LogP) is -0.243. The Morgan fingerprint density at radius 1 is 1.33 bits per heavy atom. The number of nitrogens with two attached hydrogens (primary N) is 1. The summed E-state index contributed by atoms with van der Waals surface area (Å²) in [6.45, 7) is 2.28. The maximum atomic E-state index is 11.1. The molecule has 0 rings (SSSR count). The number of carbonyl (C=O) groups is 1. The van der Waals surface area contributed by atoms with Crippen LogP contribution in [0.3, 0.4) is 0 Å². The number of hydrogen-bond donors (Lipinski definition) is 1. The lowest BCUT2D eigenvalue weighted by molar-refractivity contribution is -0.146. The standard InChI is InChI=1S/C8H19NO5Si/c1-4-13-8(10)7-14-15(11-2,12-3)6-5-9/h4-7,9H2,1-3H3. The summed E-state index contributed by atoms with van der Waals surface area (Å²) in [6.07, 6.45) is 0. The van der Waals surface area contributed by atoms with Gasteiger partial charge in [-0.3, -0.25) is 0 Å². The van der Waals surface area contributed by atoms with E-state index in [1.54, 1.807) is 6.92 Å². The lowest BCUT2D eigenvalue weighted by atomic mass is 10.7. The molecular weight excluding hydrogens is 218 g/mol. The second-order valence-corrected chi connectivity index (χ2v) is 5.69. The first-order valence-electron chi connectivity index (χ1n) is 4.74. The Labute approximate surface area is 91.0 Å². The minimum absolute atomic E-state index is 0.165. The number of ether oxygens (including phenoxy) is 1. The maximum Gasteiger partial charge on any atom is 0.502 e. The molecule has 90 valence electrons. The van der Waals surface area contributed by atoms with Gasteiger partial charge in [0.05, 0.1) is 6.61 Å². The first-order valence-corrected chi connectivity index (χ1v) is 6.67. The summed E-state index contributed by atoms with van der Waals surface area (Å²) in [5.41, 5.74) is 5.41. The van der Waals surface area contributed by atoms with E-state index in [1.807, 2.05) is 0 Å². The van der Waals surface area contributed by atoms with E-state index in [2.05, 4.69) is 0 Å². The van der Waals surface area contributed by atoms with Crippen molar-refractivity contribution in [3.8, 4) is 0 Å². The molecule has 0 aliphatic rings. The summed E-state index contributed by atoms with van der Waals surface area (Å²) in [7, 11) is 0.204. The van der Waals surface area contributed by atoms with Gasteiger partial charge in [-0.05, 0) is 13.5 Å². The monoisotopic (exact) mass is 237 g/mol. The Hall–Kier alpha value is -0.473. The number of rotatable bonds is 8. The molecule has 0 aliphatic carbocycles. The van der Waals surface area contributed by atoms with E-state index < -0.39 is 14.8 Å². The largest absolute Gasteiger partial charge is 0.502 e. The van der Waals surface area contributed by atoms with Gasteiger partial charge in [-0.2, -0.15) is 0 Å². The van der Waals surface area contributed by atoms with Gasteiger partial charge in [0.15, 0.2) is 0 Å². The van der Waals surface area contributed by atoms with Crippen molar-refractivity contribution in [1.82, 2.24) is 0 Å². The molecule has 0 saturated carbocycles. The van der Waals surface area contributed by atoms with E-state index in [4.69, 9.17) is 23.7 Å². The van der Waals surface area contributed by atoms with Crippen LogP contribution in [-0.2, 0) is 22.8 Å². The van der Waals surface area contributed by atoms with Gasteiger partial charge in [0.25, 0.3) is 0 Å². The average molecular weight is 237 g/mol. The fourth-order valence-electron chi connectivity index (χ4n) is 1.03. The van der Waals surface area contributed by atoms with E-state index in [-0.39, 0.29) is 6.61 Å². The highest BCUT2D eigenvalue weighted by molar-refractivity contribution is 6.60. The summed E-state index contributed by atoms with van der Waals surface area (Å²) >= 11 is 0. The quantitative estimate of drug-likeness (QED) is 0.463. The number of esters is 1. The van der Waals surface area contributed by atoms with Crippen LogP contribution in [0, 0.1) is 0 Å². The average Bonchev–Trinajstić information content (AvgIpc) is 2.25. The zero-order chi connectivity index (χ0) is 11.7. The molecule has 0 spiro atoms. The van der Waals surface area contributed by atoms with E-state index in [0.717, 1.165) is 0 Å². The molecule has 0 bridgehead atoms. The summed E-state index contributed by atoms with van der Waals surface area (Å²) in [4.78, 5) is 11.1. The molecule has 6 nitrogen and oxygen atoms in total. The lowest BCUT2D eigenvalue weighted by Gasteiger charge is -2.25. The highest BCUT2D eigenvalue weighted by Gasteiger charge is 2.38. The summed E-state index contributed by atoms with van der Waals surface area (Å²) in [5, 5.41) is 0. The Morgan fingerprint density at radius 2 is 1.93 bits per heavy atom. The van der Waals surface area contributed by atoms with Crippen LogP contribution < -0.4 is 5.73 Å². The SMILES string of the molecule is CCOC(=O)CO[Si](CCN)(OC)OC. The molecule has 0 atom stereocenters. The van der Waals surface area contributed by atoms with Crippen LogP contribution in [0.25, 0.3) is 0 Å². The third-order valence-corrected chi connectivity index (χ3v) is 4.52. The van der Waals surface area contributed by atoms with E-state index in [0.29, 0.717) is 19.2 Å². The molecule has 0 saturated heterocycles. The Bertz CT molecular complexity index is 186. The topological polar surface area (TPSA) is 80.0 Å². The van der Waals surface area contributed by atoms with Crippen molar-refractivity contribution in [3.63, 3.8) is 0 Å². The zero-order valence-corrected chi connectivity index (χ0v) is 10.4. The number of carbonyl (C=O) groups excluding carboxylic acids is 1. The van der Waals surface area contributed by atoms with Crippen molar-refractivity contribution in [2.45, 2.75) is 13.0 Å². The Balaban J connectivity index is 4.10.